The summed E-state index contributed by atoms with van der Waals surface area (Å²) < 4.78 is 28.0. The molecule has 0 radical (unpaired) electrons. The maximum Gasteiger partial charge on any atom is 0.407 e. The molecule has 2 N–H and O–H groups in total. The van der Waals surface area contributed by atoms with Gasteiger partial charge in [-0.05, 0) is 19.4 Å². The van der Waals surface area contributed by atoms with Crippen LogP contribution in [0.5, 0.6) is 5.75 Å². The lowest BCUT2D eigenvalue weighted by Gasteiger charge is -2.33. The fourth-order valence-electron chi connectivity index (χ4n) is 5.20. The topological polar surface area (TPSA) is 113 Å². The predicted molar refractivity (Wildman–Crippen MR) is 122 cm³/mol. The van der Waals surface area contributed by atoms with E-state index >= 15 is 4.39 Å². The molecule has 0 saturated carbocycles. The molecule has 1 saturated heterocycles. The van der Waals surface area contributed by atoms with E-state index in [0.717, 1.165) is 6.07 Å². The summed E-state index contributed by atoms with van der Waals surface area (Å²) in [5.41, 5.74) is -0.646. The van der Waals surface area contributed by atoms with Crippen molar-refractivity contribution in [3.63, 3.8) is 0 Å². The van der Waals surface area contributed by atoms with Crippen LogP contribution < -0.4 is 25.4 Å². The molecule has 2 aliphatic heterocycles. The van der Waals surface area contributed by atoms with Gasteiger partial charge in [0.2, 0.25) is 5.43 Å². The van der Waals surface area contributed by atoms with Crippen LogP contribution in [0.3, 0.4) is 0 Å². The largest absolute Gasteiger partial charge is 0.477 e. The molecule has 3 atom stereocenters. The smallest absolute Gasteiger partial charge is 0.407 e. The van der Waals surface area contributed by atoms with E-state index in [1.807, 2.05) is 11.0 Å². The van der Waals surface area contributed by atoms with Crippen LogP contribution in [0.4, 0.5) is 14.9 Å². The van der Waals surface area contributed by atoms with Crippen LogP contribution in [0.25, 0.3) is 10.9 Å². The number of ether oxygens (including phenoxy) is 2. The minimum absolute atomic E-state index is 0.0412. The Kier molecular flexibility index (Phi) is 5.34. The number of fused-ring (bicyclic) bond motifs is 1. The first-order valence-corrected chi connectivity index (χ1v) is 11.1. The van der Waals surface area contributed by atoms with Gasteiger partial charge in [0.05, 0.1) is 12.0 Å². The number of pyridine rings is 1. The number of hydrogen-bond donors (Lipinski definition) is 2. The minimum Gasteiger partial charge on any atom is -0.477 e. The highest BCUT2D eigenvalue weighted by Crippen LogP contribution is 2.44. The molecule has 10 nitrogen and oxygen atoms in total. The Balaban J connectivity index is 1.57. The molecule has 1 amide bonds. The van der Waals surface area contributed by atoms with Crippen LogP contribution in [0.15, 0.2) is 29.2 Å². The van der Waals surface area contributed by atoms with Crippen molar-refractivity contribution in [1.29, 1.82) is 0 Å². The predicted octanol–water partition coefficient (Wildman–Crippen LogP) is 1.88. The Labute approximate surface area is 194 Å². The SMILES string of the molecule is CCOC(=O)NC1CC=CC2CN(c3c(F)cc4c(=O)c(C(=O)O)cn5c4c3OCN5C)CC21. The molecule has 3 heterocycles. The Bertz CT molecular complexity index is 1270. The lowest BCUT2D eigenvalue weighted by atomic mass is 9.83. The zero-order valence-electron chi connectivity index (χ0n) is 18.8. The second-order valence-corrected chi connectivity index (χ2v) is 8.75. The number of hydrogen-bond acceptors (Lipinski definition) is 7. The number of carbonyl (C=O) groups excluding carboxylic acids is 1. The Morgan fingerprint density at radius 1 is 1.35 bits per heavy atom. The van der Waals surface area contributed by atoms with Gasteiger partial charge in [0.1, 0.15) is 16.8 Å². The van der Waals surface area contributed by atoms with Crippen LogP contribution in [0.2, 0.25) is 0 Å². The van der Waals surface area contributed by atoms with Crippen molar-refractivity contribution in [3.8, 4) is 5.75 Å². The molecule has 3 aliphatic rings. The third kappa shape index (κ3) is 3.42. The molecule has 1 aromatic heterocycles. The minimum atomic E-state index is -1.38. The third-order valence-corrected chi connectivity index (χ3v) is 6.74. The number of carboxylic acid groups (broad SMARTS) is 1. The van der Waals surface area contributed by atoms with Gasteiger partial charge in [0, 0.05) is 44.2 Å². The van der Waals surface area contributed by atoms with Gasteiger partial charge in [0.25, 0.3) is 0 Å². The Morgan fingerprint density at radius 3 is 2.88 bits per heavy atom. The van der Waals surface area contributed by atoms with Crippen molar-refractivity contribution in [2.75, 3.05) is 43.4 Å². The van der Waals surface area contributed by atoms with Crippen molar-refractivity contribution >= 4 is 28.7 Å². The van der Waals surface area contributed by atoms with E-state index in [9.17, 15) is 19.5 Å². The van der Waals surface area contributed by atoms with Crippen LogP contribution >= 0.6 is 0 Å². The average Bonchev–Trinajstić information content (AvgIpc) is 3.22. The summed E-state index contributed by atoms with van der Waals surface area (Å²) >= 11 is 0. The van der Waals surface area contributed by atoms with E-state index in [2.05, 4.69) is 11.4 Å². The fourth-order valence-corrected chi connectivity index (χ4v) is 5.20. The van der Waals surface area contributed by atoms with Crippen LogP contribution in [-0.4, -0.2) is 61.4 Å². The van der Waals surface area contributed by atoms with E-state index in [1.165, 1.54) is 10.9 Å². The highest BCUT2D eigenvalue weighted by Gasteiger charge is 2.41. The summed E-state index contributed by atoms with van der Waals surface area (Å²) in [6.07, 6.45) is 5.52. The third-order valence-electron chi connectivity index (χ3n) is 6.74. The summed E-state index contributed by atoms with van der Waals surface area (Å²) in [5.74, 6) is -1.70. The second-order valence-electron chi connectivity index (χ2n) is 8.75. The molecule has 1 aliphatic carbocycles. The van der Waals surface area contributed by atoms with Crippen LogP contribution in [0.1, 0.15) is 23.7 Å². The number of anilines is 1. The van der Waals surface area contributed by atoms with E-state index in [1.54, 1.807) is 19.0 Å². The first kappa shape index (κ1) is 22.1. The number of benzene rings is 1. The van der Waals surface area contributed by atoms with Gasteiger partial charge in [0.15, 0.2) is 18.3 Å². The molecule has 5 rings (SSSR count). The molecular formula is C23H25FN4O6. The molecule has 1 aromatic carbocycles. The van der Waals surface area contributed by atoms with E-state index in [-0.39, 0.29) is 48.0 Å². The van der Waals surface area contributed by atoms with Gasteiger partial charge < -0.3 is 24.8 Å². The molecule has 3 unspecified atom stereocenters. The standard InChI is InChI=1S/C23H25FN4O6/c1-3-33-23(32)25-17-6-4-5-12-8-27(9-14(12)17)19-16(24)7-13-18-21(19)34-11-26(2)28(18)10-15(20(13)29)22(30)31/h4-5,7,10,12,14,17H,3,6,8-9,11H2,1-2H3,(H,25,32)(H,30,31). The highest BCUT2D eigenvalue weighted by atomic mass is 19.1. The summed E-state index contributed by atoms with van der Waals surface area (Å²) in [5, 5.41) is 13.9. The summed E-state index contributed by atoms with van der Waals surface area (Å²) in [6.45, 7) is 3.04. The first-order chi connectivity index (χ1) is 16.3. The van der Waals surface area contributed by atoms with Gasteiger partial charge in [-0.1, -0.05) is 12.2 Å². The van der Waals surface area contributed by atoms with Crippen molar-refractivity contribution in [2.45, 2.75) is 19.4 Å². The molecule has 11 heteroatoms. The number of aromatic carboxylic acids is 1. The van der Waals surface area contributed by atoms with Crippen LogP contribution in [-0.2, 0) is 4.74 Å². The summed E-state index contributed by atoms with van der Waals surface area (Å²) in [7, 11) is 1.68. The molecular weight excluding hydrogens is 447 g/mol. The Morgan fingerprint density at radius 2 is 2.15 bits per heavy atom. The molecule has 1 fully saturated rings. The molecule has 34 heavy (non-hydrogen) atoms. The highest BCUT2D eigenvalue weighted by molar-refractivity contribution is 5.97. The van der Waals surface area contributed by atoms with Crippen LogP contribution in [0, 0.1) is 17.7 Å². The first-order valence-electron chi connectivity index (χ1n) is 11.1. The quantitative estimate of drug-likeness (QED) is 0.649. The molecule has 180 valence electrons. The second kappa shape index (κ2) is 8.23. The van der Waals surface area contributed by atoms with E-state index in [0.29, 0.717) is 25.0 Å². The van der Waals surface area contributed by atoms with Gasteiger partial charge in [-0.25, -0.2) is 14.0 Å². The van der Waals surface area contributed by atoms with Gasteiger partial charge >= 0.3 is 12.1 Å². The van der Waals surface area contributed by atoms with Gasteiger partial charge in [-0.15, -0.1) is 0 Å². The lowest BCUT2D eigenvalue weighted by molar-refractivity contribution is 0.0694. The average molecular weight is 472 g/mol. The number of amides is 1. The normalized spacial score (nSPS) is 23.0. The fraction of sp³-hybridized carbons (Fsp3) is 0.435. The zero-order valence-corrected chi connectivity index (χ0v) is 18.8. The van der Waals surface area contributed by atoms with Gasteiger partial charge in [-0.2, -0.15) is 0 Å². The summed E-state index contributed by atoms with van der Waals surface area (Å²) in [6, 6.07) is 0.941. The number of aromatic nitrogens is 1. The summed E-state index contributed by atoms with van der Waals surface area (Å²) in [4.78, 5) is 38.3. The molecule has 2 aromatic rings. The number of halogens is 1. The number of alkyl carbamates (subject to hydrolysis) is 1. The number of rotatable bonds is 4. The van der Waals surface area contributed by atoms with Crippen molar-refractivity contribution in [1.82, 2.24) is 9.99 Å². The maximum absolute atomic E-state index is 15.5. The number of carbonyl (C=O) groups is 2. The maximum atomic E-state index is 15.5. The lowest BCUT2D eigenvalue weighted by Crippen LogP contribution is -2.44. The number of nitrogens with zero attached hydrogens (tertiary/aromatic N) is 3. The molecule has 0 bridgehead atoms. The van der Waals surface area contributed by atoms with Crippen molar-refractivity contribution in [2.24, 2.45) is 11.8 Å². The van der Waals surface area contributed by atoms with E-state index < -0.39 is 28.9 Å². The Hall–Kier alpha value is -3.76. The van der Waals surface area contributed by atoms with E-state index in [4.69, 9.17) is 9.47 Å². The monoisotopic (exact) mass is 472 g/mol. The van der Waals surface area contributed by atoms with Crippen molar-refractivity contribution < 1.29 is 28.6 Å². The van der Waals surface area contributed by atoms with Crippen molar-refractivity contribution in [3.05, 3.63) is 46.0 Å². The van der Waals surface area contributed by atoms with Gasteiger partial charge in [-0.3, -0.25) is 14.5 Å². The number of nitrogens with one attached hydrogen (secondary N) is 1. The zero-order chi connectivity index (χ0) is 24.1. The number of carboxylic acids is 1. The molecule has 0 spiro atoms.